The van der Waals surface area contributed by atoms with E-state index in [4.69, 9.17) is 9.15 Å². The molecule has 5 heterocycles. The molecule has 6 rings (SSSR count). The normalized spacial score (nSPS) is 19.1. The van der Waals surface area contributed by atoms with Crippen LogP contribution in [0.25, 0.3) is 22.4 Å². The molecule has 1 aromatic carbocycles. The predicted molar refractivity (Wildman–Crippen MR) is 126 cm³/mol. The van der Waals surface area contributed by atoms with Crippen molar-refractivity contribution in [1.29, 1.82) is 0 Å². The van der Waals surface area contributed by atoms with Gasteiger partial charge in [0.1, 0.15) is 33.9 Å². The summed E-state index contributed by atoms with van der Waals surface area (Å²) in [7, 11) is 1.52. The summed E-state index contributed by atoms with van der Waals surface area (Å²) in [5.74, 6) is -0.839. The standard InChI is InChI=1S/C26H20N4O6/c1-35-15-7-6-14-12-30(24(33)16(14)10-15)13-26(11-19(32)29-25(26)34)23-20(21-17(31)4-2-8-27-21)22-18(36-23)5-3-9-28-22/h2-10,31H,11-13H2,1H3,(H,29,32,34)/t26-/m1/s1. The molecule has 0 bridgehead atoms. The molecule has 0 unspecified atom stereocenters. The van der Waals surface area contributed by atoms with Gasteiger partial charge in [-0.15, -0.1) is 0 Å². The molecule has 1 atom stereocenters. The first-order valence-corrected chi connectivity index (χ1v) is 11.2. The van der Waals surface area contributed by atoms with Gasteiger partial charge in [0, 0.05) is 31.0 Å². The number of nitrogens with one attached hydrogen (secondary N) is 1. The van der Waals surface area contributed by atoms with Crippen LogP contribution in [0.1, 0.15) is 28.1 Å². The van der Waals surface area contributed by atoms with Crippen molar-refractivity contribution in [3.63, 3.8) is 0 Å². The lowest BCUT2D eigenvalue weighted by Gasteiger charge is -2.29. The van der Waals surface area contributed by atoms with E-state index in [1.807, 2.05) is 0 Å². The Kier molecular flexibility index (Phi) is 4.78. The Morgan fingerprint density at radius 2 is 1.94 bits per heavy atom. The first-order valence-electron chi connectivity index (χ1n) is 11.2. The molecule has 1 fully saturated rings. The van der Waals surface area contributed by atoms with Crippen molar-refractivity contribution in [1.82, 2.24) is 20.2 Å². The summed E-state index contributed by atoms with van der Waals surface area (Å²) in [6.07, 6.45) is 2.82. The van der Waals surface area contributed by atoms with Crippen LogP contribution >= 0.6 is 0 Å². The van der Waals surface area contributed by atoms with Crippen molar-refractivity contribution in [2.45, 2.75) is 18.4 Å². The van der Waals surface area contributed by atoms with E-state index >= 15 is 0 Å². The molecule has 2 N–H and O–H groups in total. The fourth-order valence-corrected chi connectivity index (χ4v) is 5.02. The highest BCUT2D eigenvalue weighted by Crippen LogP contribution is 2.46. The summed E-state index contributed by atoms with van der Waals surface area (Å²) < 4.78 is 11.4. The molecule has 2 aliphatic rings. The van der Waals surface area contributed by atoms with Crippen molar-refractivity contribution >= 4 is 28.8 Å². The van der Waals surface area contributed by atoms with Gasteiger partial charge in [-0.2, -0.15) is 0 Å². The Bertz CT molecular complexity index is 1580. The first-order chi connectivity index (χ1) is 17.4. The number of benzene rings is 1. The van der Waals surface area contributed by atoms with Gasteiger partial charge in [0.2, 0.25) is 11.8 Å². The van der Waals surface area contributed by atoms with Gasteiger partial charge in [-0.1, -0.05) is 6.07 Å². The third-order valence-corrected chi connectivity index (χ3v) is 6.71. The zero-order valence-electron chi connectivity index (χ0n) is 19.1. The van der Waals surface area contributed by atoms with E-state index in [2.05, 4.69) is 15.3 Å². The Morgan fingerprint density at radius 3 is 2.69 bits per heavy atom. The zero-order valence-corrected chi connectivity index (χ0v) is 19.1. The zero-order chi connectivity index (χ0) is 25.0. The van der Waals surface area contributed by atoms with E-state index in [9.17, 15) is 19.5 Å². The molecule has 0 radical (unpaired) electrons. The largest absolute Gasteiger partial charge is 0.506 e. The number of hydrogen-bond donors (Lipinski definition) is 2. The quantitative estimate of drug-likeness (QED) is 0.413. The summed E-state index contributed by atoms with van der Waals surface area (Å²) in [6.45, 7) is 0.130. The average molecular weight is 484 g/mol. The monoisotopic (exact) mass is 484 g/mol. The van der Waals surface area contributed by atoms with E-state index in [1.165, 1.54) is 24.3 Å². The number of methoxy groups -OCH3 is 1. The molecule has 36 heavy (non-hydrogen) atoms. The highest BCUT2D eigenvalue weighted by Gasteiger charge is 2.55. The Hall–Kier alpha value is -4.73. The van der Waals surface area contributed by atoms with Gasteiger partial charge in [-0.25, -0.2) is 0 Å². The van der Waals surface area contributed by atoms with Gasteiger partial charge in [-0.3, -0.25) is 29.7 Å². The van der Waals surface area contributed by atoms with E-state index < -0.39 is 17.2 Å². The summed E-state index contributed by atoms with van der Waals surface area (Å²) in [6, 6.07) is 11.6. The molecule has 2 aliphatic heterocycles. The summed E-state index contributed by atoms with van der Waals surface area (Å²) >= 11 is 0. The van der Waals surface area contributed by atoms with Crippen LogP contribution in [-0.2, 0) is 21.5 Å². The molecular formula is C26H20N4O6. The lowest BCUT2D eigenvalue weighted by molar-refractivity contribution is -0.126. The lowest BCUT2D eigenvalue weighted by atomic mass is 9.80. The molecule has 3 amide bonds. The molecule has 10 nitrogen and oxygen atoms in total. The van der Waals surface area contributed by atoms with Crippen LogP contribution in [0.5, 0.6) is 11.5 Å². The second-order valence-corrected chi connectivity index (χ2v) is 8.85. The fourth-order valence-electron chi connectivity index (χ4n) is 5.02. The number of hydrogen-bond acceptors (Lipinski definition) is 8. The molecular weight excluding hydrogens is 464 g/mol. The van der Waals surface area contributed by atoms with E-state index in [1.54, 1.807) is 42.6 Å². The Balaban J connectivity index is 1.53. The number of carbonyl (C=O) groups is 3. The number of amides is 3. The first kappa shape index (κ1) is 21.8. The minimum Gasteiger partial charge on any atom is -0.506 e. The second kappa shape index (κ2) is 7.91. The number of nitrogens with zero attached hydrogens (tertiary/aromatic N) is 3. The molecule has 0 spiro atoms. The van der Waals surface area contributed by atoms with Crippen LogP contribution in [0.4, 0.5) is 0 Å². The highest BCUT2D eigenvalue weighted by atomic mass is 16.5. The van der Waals surface area contributed by atoms with E-state index in [0.29, 0.717) is 28.0 Å². The molecule has 4 aromatic rings. The van der Waals surface area contributed by atoms with Gasteiger partial charge < -0.3 is 19.2 Å². The van der Waals surface area contributed by atoms with Crippen LogP contribution in [0, 0.1) is 0 Å². The number of pyridine rings is 2. The summed E-state index contributed by atoms with van der Waals surface area (Å²) in [5.41, 5.74) is 0.918. The molecule has 3 aromatic heterocycles. The average Bonchev–Trinajstić information content (AvgIpc) is 3.51. The number of rotatable bonds is 5. The number of carbonyl (C=O) groups excluding carboxylic acids is 3. The van der Waals surface area contributed by atoms with Gasteiger partial charge in [-0.05, 0) is 42.0 Å². The van der Waals surface area contributed by atoms with Crippen molar-refractivity contribution < 1.29 is 28.6 Å². The van der Waals surface area contributed by atoms with E-state index in [0.717, 1.165) is 5.56 Å². The van der Waals surface area contributed by atoms with Crippen molar-refractivity contribution in [2.24, 2.45) is 0 Å². The van der Waals surface area contributed by atoms with Gasteiger partial charge in [0.15, 0.2) is 5.58 Å². The smallest absolute Gasteiger partial charge is 0.254 e. The molecule has 180 valence electrons. The van der Waals surface area contributed by atoms with Gasteiger partial charge in [0.25, 0.3) is 5.91 Å². The molecule has 0 aliphatic carbocycles. The number of ether oxygens (including phenoxy) is 1. The number of aromatic nitrogens is 2. The van der Waals surface area contributed by atoms with Crippen molar-refractivity contribution in [3.8, 4) is 22.8 Å². The van der Waals surface area contributed by atoms with Crippen molar-refractivity contribution in [3.05, 3.63) is 71.7 Å². The van der Waals surface area contributed by atoms with Crippen LogP contribution in [-0.4, -0.2) is 51.4 Å². The molecule has 1 saturated heterocycles. The minimum absolute atomic E-state index is 0.120. The molecule has 0 saturated carbocycles. The second-order valence-electron chi connectivity index (χ2n) is 8.85. The van der Waals surface area contributed by atoms with Gasteiger partial charge in [0.05, 0.1) is 19.1 Å². The SMILES string of the molecule is COc1ccc2c(c1)C(=O)N(C[C@@]1(c3oc4cccnc4c3-c3ncccc3O)CC(=O)NC1=O)C2. The lowest BCUT2D eigenvalue weighted by Crippen LogP contribution is -2.46. The highest BCUT2D eigenvalue weighted by molar-refractivity contribution is 6.11. The Labute approximate surface area is 204 Å². The third-order valence-electron chi connectivity index (χ3n) is 6.71. The third kappa shape index (κ3) is 3.14. The topological polar surface area (TPSA) is 135 Å². The number of fused-ring (bicyclic) bond motifs is 2. The maximum Gasteiger partial charge on any atom is 0.254 e. The number of furan rings is 1. The van der Waals surface area contributed by atoms with Crippen LogP contribution in [0.15, 0.2) is 59.3 Å². The molecule has 10 heteroatoms. The van der Waals surface area contributed by atoms with E-state index in [-0.39, 0.29) is 42.6 Å². The van der Waals surface area contributed by atoms with Crippen LogP contribution in [0.2, 0.25) is 0 Å². The summed E-state index contributed by atoms with van der Waals surface area (Å²) in [5, 5.41) is 13.0. The maximum atomic E-state index is 13.5. The Morgan fingerprint density at radius 1 is 1.14 bits per heavy atom. The number of aromatic hydroxyl groups is 1. The fraction of sp³-hybridized carbons (Fsp3) is 0.192. The maximum absolute atomic E-state index is 13.5. The number of imide groups is 1. The minimum atomic E-state index is -1.56. The van der Waals surface area contributed by atoms with Crippen LogP contribution < -0.4 is 10.1 Å². The summed E-state index contributed by atoms with van der Waals surface area (Å²) in [4.78, 5) is 49.6. The van der Waals surface area contributed by atoms with Crippen molar-refractivity contribution in [2.75, 3.05) is 13.7 Å². The predicted octanol–water partition coefficient (Wildman–Crippen LogP) is 2.54. The van der Waals surface area contributed by atoms with Gasteiger partial charge >= 0.3 is 0 Å². The van der Waals surface area contributed by atoms with Crippen LogP contribution in [0.3, 0.4) is 0 Å².